The molecule has 1 aliphatic carbocycles. The summed E-state index contributed by atoms with van der Waals surface area (Å²) in [6, 6.07) is 10.9. The molecule has 0 unspecified atom stereocenters. The molecule has 2 N–H and O–H groups in total. The Kier molecular flexibility index (Phi) is 6.21. The molecule has 0 aliphatic heterocycles. The van der Waals surface area contributed by atoms with Gasteiger partial charge in [-0.1, -0.05) is 18.2 Å². The lowest BCUT2D eigenvalue weighted by Gasteiger charge is -2.29. The Bertz CT molecular complexity index is 814. The monoisotopic (exact) mass is 394 g/mol. The minimum atomic E-state index is -4.47. The van der Waals surface area contributed by atoms with Gasteiger partial charge in [0, 0.05) is 18.2 Å². The zero-order valence-corrected chi connectivity index (χ0v) is 15.2. The Morgan fingerprint density at radius 2 is 1.71 bits per heavy atom. The fraction of sp³-hybridized carbons (Fsp3) is 0.381. The molecule has 0 heterocycles. The van der Waals surface area contributed by atoms with E-state index in [1.807, 2.05) is 0 Å². The molecule has 0 atom stereocenters. The normalized spacial score (nSPS) is 19.9. The number of alkyl halides is 3. The summed E-state index contributed by atoms with van der Waals surface area (Å²) in [6.45, 7) is 0.648. The van der Waals surface area contributed by atoms with Crippen LogP contribution in [0.5, 0.6) is 0 Å². The van der Waals surface area contributed by atoms with Gasteiger partial charge in [-0.05, 0) is 61.9 Å². The number of nitrogens with one attached hydrogen (secondary N) is 2. The van der Waals surface area contributed by atoms with Crippen LogP contribution in [0.25, 0.3) is 0 Å². The molecule has 1 fully saturated rings. The second kappa shape index (κ2) is 8.63. The maximum absolute atomic E-state index is 13.6. The molecule has 1 amide bonds. The minimum absolute atomic E-state index is 0.0122. The first-order valence-corrected chi connectivity index (χ1v) is 9.29. The van der Waals surface area contributed by atoms with Crippen LogP contribution in [-0.4, -0.2) is 18.5 Å². The van der Waals surface area contributed by atoms with Crippen molar-refractivity contribution in [3.05, 3.63) is 65.5 Å². The first kappa shape index (κ1) is 20.2. The van der Waals surface area contributed by atoms with Gasteiger partial charge in [-0.25, -0.2) is 4.39 Å². The van der Waals surface area contributed by atoms with Gasteiger partial charge < -0.3 is 10.6 Å². The van der Waals surface area contributed by atoms with Crippen LogP contribution in [0.3, 0.4) is 0 Å². The molecule has 0 bridgehead atoms. The lowest BCUT2D eigenvalue weighted by Crippen LogP contribution is -2.38. The van der Waals surface area contributed by atoms with Gasteiger partial charge in [-0.2, -0.15) is 13.2 Å². The summed E-state index contributed by atoms with van der Waals surface area (Å²) in [5.41, 5.74) is -0.344. The SMILES string of the molecule is O=C(NC1CCC(CNc2ccccc2F)CC1)c1cccc(C(F)(F)F)c1. The zero-order chi connectivity index (χ0) is 20.1. The van der Waals surface area contributed by atoms with E-state index >= 15 is 0 Å². The Balaban J connectivity index is 1.48. The summed E-state index contributed by atoms with van der Waals surface area (Å²) in [5, 5.41) is 5.95. The summed E-state index contributed by atoms with van der Waals surface area (Å²) in [4.78, 5) is 12.3. The maximum Gasteiger partial charge on any atom is 0.416 e. The molecule has 0 radical (unpaired) electrons. The summed E-state index contributed by atoms with van der Waals surface area (Å²) in [7, 11) is 0. The molecule has 0 spiro atoms. The molecule has 7 heteroatoms. The summed E-state index contributed by atoms with van der Waals surface area (Å²) < 4.78 is 52.0. The number of halogens is 4. The quantitative estimate of drug-likeness (QED) is 0.681. The number of hydrogen-bond donors (Lipinski definition) is 2. The molecule has 2 aromatic rings. The third-order valence-electron chi connectivity index (χ3n) is 5.09. The summed E-state index contributed by atoms with van der Waals surface area (Å²) in [5.74, 6) is -0.412. The number of anilines is 1. The van der Waals surface area contributed by atoms with Gasteiger partial charge in [0.25, 0.3) is 5.91 Å². The van der Waals surface area contributed by atoms with E-state index in [9.17, 15) is 22.4 Å². The lowest BCUT2D eigenvalue weighted by molar-refractivity contribution is -0.137. The van der Waals surface area contributed by atoms with Crippen molar-refractivity contribution in [1.29, 1.82) is 0 Å². The van der Waals surface area contributed by atoms with Gasteiger partial charge >= 0.3 is 6.18 Å². The second-order valence-electron chi connectivity index (χ2n) is 7.13. The topological polar surface area (TPSA) is 41.1 Å². The first-order chi connectivity index (χ1) is 13.3. The smallest absolute Gasteiger partial charge is 0.382 e. The molecule has 3 rings (SSSR count). The fourth-order valence-corrected chi connectivity index (χ4v) is 3.48. The Morgan fingerprint density at radius 1 is 1.00 bits per heavy atom. The van der Waals surface area contributed by atoms with Gasteiger partial charge in [-0.3, -0.25) is 4.79 Å². The molecule has 0 aromatic heterocycles. The van der Waals surface area contributed by atoms with Crippen LogP contribution in [0, 0.1) is 11.7 Å². The summed E-state index contributed by atoms with van der Waals surface area (Å²) in [6.07, 6.45) is -1.27. The van der Waals surface area contributed by atoms with E-state index in [4.69, 9.17) is 0 Å². The number of amides is 1. The Labute approximate surface area is 161 Å². The average molecular weight is 394 g/mol. The van der Waals surface area contributed by atoms with Gasteiger partial charge in [0.05, 0.1) is 11.3 Å². The number of carbonyl (C=O) groups excluding carboxylic acids is 1. The molecule has 28 heavy (non-hydrogen) atoms. The van der Waals surface area contributed by atoms with Crippen LogP contribution in [0.4, 0.5) is 23.2 Å². The van der Waals surface area contributed by atoms with Crippen LogP contribution in [0.1, 0.15) is 41.6 Å². The highest BCUT2D eigenvalue weighted by Crippen LogP contribution is 2.30. The zero-order valence-electron chi connectivity index (χ0n) is 15.2. The van der Waals surface area contributed by atoms with Crippen molar-refractivity contribution in [3.8, 4) is 0 Å². The molecular weight excluding hydrogens is 372 g/mol. The van der Waals surface area contributed by atoms with E-state index in [2.05, 4.69) is 10.6 Å². The van der Waals surface area contributed by atoms with Crippen LogP contribution in [0.15, 0.2) is 48.5 Å². The summed E-state index contributed by atoms with van der Waals surface area (Å²) >= 11 is 0. The van der Waals surface area contributed by atoms with E-state index in [-0.39, 0.29) is 17.4 Å². The molecule has 150 valence electrons. The number of hydrogen-bond acceptors (Lipinski definition) is 2. The molecule has 1 aliphatic rings. The highest BCUT2D eigenvalue weighted by atomic mass is 19.4. The molecule has 2 aromatic carbocycles. The highest BCUT2D eigenvalue weighted by molar-refractivity contribution is 5.94. The van der Waals surface area contributed by atoms with E-state index in [1.54, 1.807) is 18.2 Å². The molecule has 0 saturated heterocycles. The Hall–Kier alpha value is -2.57. The van der Waals surface area contributed by atoms with Crippen molar-refractivity contribution >= 4 is 11.6 Å². The predicted octanol–water partition coefficient (Wildman–Crippen LogP) is 5.25. The van der Waals surface area contributed by atoms with Crippen molar-refractivity contribution < 1.29 is 22.4 Å². The number of carbonyl (C=O) groups is 1. The second-order valence-corrected chi connectivity index (χ2v) is 7.13. The van der Waals surface area contributed by atoms with Crippen molar-refractivity contribution in [2.75, 3.05) is 11.9 Å². The number of rotatable bonds is 5. The Morgan fingerprint density at radius 3 is 2.39 bits per heavy atom. The van der Waals surface area contributed by atoms with E-state index in [0.717, 1.165) is 37.8 Å². The van der Waals surface area contributed by atoms with Gasteiger partial charge in [0.15, 0.2) is 0 Å². The lowest BCUT2D eigenvalue weighted by atomic mass is 9.86. The van der Waals surface area contributed by atoms with Gasteiger partial charge in [0.2, 0.25) is 0 Å². The minimum Gasteiger partial charge on any atom is -0.382 e. The number of para-hydroxylation sites is 1. The van der Waals surface area contributed by atoms with E-state index < -0.39 is 17.6 Å². The third kappa shape index (κ3) is 5.24. The molecule has 3 nitrogen and oxygen atoms in total. The van der Waals surface area contributed by atoms with Crippen LogP contribution >= 0.6 is 0 Å². The molecule has 1 saturated carbocycles. The number of benzene rings is 2. The average Bonchev–Trinajstić information content (AvgIpc) is 2.68. The van der Waals surface area contributed by atoms with Gasteiger partial charge in [0.1, 0.15) is 5.82 Å². The van der Waals surface area contributed by atoms with Crippen LogP contribution in [-0.2, 0) is 6.18 Å². The largest absolute Gasteiger partial charge is 0.416 e. The van der Waals surface area contributed by atoms with Crippen molar-refractivity contribution in [2.24, 2.45) is 5.92 Å². The predicted molar refractivity (Wildman–Crippen MR) is 99.5 cm³/mol. The van der Waals surface area contributed by atoms with Crippen molar-refractivity contribution in [2.45, 2.75) is 37.9 Å². The third-order valence-corrected chi connectivity index (χ3v) is 5.09. The van der Waals surface area contributed by atoms with Crippen LogP contribution < -0.4 is 10.6 Å². The highest BCUT2D eigenvalue weighted by Gasteiger charge is 2.31. The van der Waals surface area contributed by atoms with Crippen LogP contribution in [0.2, 0.25) is 0 Å². The molecular formula is C21H22F4N2O. The van der Waals surface area contributed by atoms with Gasteiger partial charge in [-0.15, -0.1) is 0 Å². The van der Waals surface area contributed by atoms with E-state index in [0.29, 0.717) is 18.2 Å². The first-order valence-electron chi connectivity index (χ1n) is 9.29. The standard InChI is InChI=1S/C21H22F4N2O/c22-18-6-1-2-7-19(18)26-13-14-8-10-17(11-9-14)27-20(28)15-4-3-5-16(12-15)21(23,24)25/h1-7,12,14,17,26H,8-11,13H2,(H,27,28). The van der Waals surface area contributed by atoms with E-state index in [1.165, 1.54) is 18.2 Å². The van der Waals surface area contributed by atoms with Crippen molar-refractivity contribution in [3.63, 3.8) is 0 Å². The fourth-order valence-electron chi connectivity index (χ4n) is 3.48. The maximum atomic E-state index is 13.6. The van der Waals surface area contributed by atoms with Crippen molar-refractivity contribution in [1.82, 2.24) is 5.32 Å².